The first-order valence-electron chi connectivity index (χ1n) is 8.56. The average Bonchev–Trinajstić information content (AvgIpc) is 2.48. The van der Waals surface area contributed by atoms with Crippen LogP contribution >= 0.6 is 11.6 Å². The number of likely N-dealkylation sites (N-methyl/N-ethyl adjacent to an activating group) is 1. The second-order valence-corrected chi connectivity index (χ2v) is 6.81. The van der Waals surface area contributed by atoms with Crippen molar-refractivity contribution >= 4 is 29.1 Å². The second kappa shape index (κ2) is 9.64. The van der Waals surface area contributed by atoms with Crippen molar-refractivity contribution < 1.29 is 9.59 Å². The SMILES string of the molecule is CN(CC(=O)Nc1ccc(Cl)cc1)CC(=O)N1CCCCCCC1. The van der Waals surface area contributed by atoms with Crippen molar-refractivity contribution in [3.8, 4) is 0 Å². The van der Waals surface area contributed by atoms with Crippen LogP contribution in [0.15, 0.2) is 24.3 Å². The molecule has 1 fully saturated rings. The first-order valence-corrected chi connectivity index (χ1v) is 8.94. The van der Waals surface area contributed by atoms with Gasteiger partial charge in [0.25, 0.3) is 0 Å². The van der Waals surface area contributed by atoms with E-state index in [1.165, 1.54) is 19.3 Å². The normalized spacial score (nSPS) is 15.7. The lowest BCUT2D eigenvalue weighted by molar-refractivity contribution is -0.132. The van der Waals surface area contributed by atoms with Gasteiger partial charge in [-0.1, -0.05) is 30.9 Å². The summed E-state index contributed by atoms with van der Waals surface area (Å²) in [7, 11) is 1.80. The molecule has 0 bridgehead atoms. The van der Waals surface area contributed by atoms with Gasteiger partial charge in [-0.15, -0.1) is 0 Å². The zero-order valence-electron chi connectivity index (χ0n) is 14.3. The minimum atomic E-state index is -0.139. The smallest absolute Gasteiger partial charge is 0.238 e. The van der Waals surface area contributed by atoms with E-state index in [9.17, 15) is 9.59 Å². The summed E-state index contributed by atoms with van der Waals surface area (Å²) < 4.78 is 0. The van der Waals surface area contributed by atoms with Gasteiger partial charge in [-0.2, -0.15) is 0 Å². The fourth-order valence-electron chi connectivity index (χ4n) is 2.86. The van der Waals surface area contributed by atoms with Gasteiger partial charge in [0, 0.05) is 23.8 Å². The molecule has 1 saturated heterocycles. The Bertz CT molecular complexity index is 540. The summed E-state index contributed by atoms with van der Waals surface area (Å²) in [6.45, 7) is 2.13. The standard InChI is InChI=1S/C18H26ClN3O2/c1-21(13-17(23)20-16-9-7-15(19)8-10-16)14-18(24)22-11-5-3-2-4-6-12-22/h7-10H,2-6,11-14H2,1H3,(H,20,23). The summed E-state index contributed by atoms with van der Waals surface area (Å²) in [5.41, 5.74) is 0.702. The van der Waals surface area contributed by atoms with Gasteiger partial charge >= 0.3 is 0 Å². The number of halogens is 1. The molecule has 24 heavy (non-hydrogen) atoms. The molecular weight excluding hydrogens is 326 g/mol. The number of benzene rings is 1. The van der Waals surface area contributed by atoms with Crippen molar-refractivity contribution in [2.24, 2.45) is 0 Å². The van der Waals surface area contributed by atoms with Crippen molar-refractivity contribution in [3.05, 3.63) is 29.3 Å². The van der Waals surface area contributed by atoms with E-state index in [0.29, 0.717) is 10.7 Å². The van der Waals surface area contributed by atoms with Crippen LogP contribution in [0.1, 0.15) is 32.1 Å². The fourth-order valence-corrected chi connectivity index (χ4v) is 2.99. The lowest BCUT2D eigenvalue weighted by Gasteiger charge is -2.27. The molecule has 1 aromatic carbocycles. The van der Waals surface area contributed by atoms with Gasteiger partial charge in [-0.05, 0) is 44.2 Å². The first kappa shape index (κ1) is 18.7. The maximum Gasteiger partial charge on any atom is 0.238 e. The van der Waals surface area contributed by atoms with Gasteiger partial charge in [-0.25, -0.2) is 0 Å². The zero-order valence-corrected chi connectivity index (χ0v) is 15.0. The molecule has 0 spiro atoms. The number of carbonyl (C=O) groups excluding carboxylic acids is 2. The molecule has 0 radical (unpaired) electrons. The highest BCUT2D eigenvalue weighted by atomic mass is 35.5. The van der Waals surface area contributed by atoms with Gasteiger partial charge in [-0.3, -0.25) is 14.5 Å². The summed E-state index contributed by atoms with van der Waals surface area (Å²) in [5.74, 6) is -0.0287. The number of carbonyl (C=O) groups is 2. The maximum absolute atomic E-state index is 12.4. The molecule has 1 heterocycles. The average molecular weight is 352 g/mol. The van der Waals surface area contributed by atoms with Crippen LogP contribution in [0.25, 0.3) is 0 Å². The molecule has 2 amide bonds. The summed E-state index contributed by atoms with van der Waals surface area (Å²) >= 11 is 5.82. The lowest BCUT2D eigenvalue weighted by Crippen LogP contribution is -2.42. The van der Waals surface area contributed by atoms with E-state index in [1.54, 1.807) is 36.2 Å². The number of hydrogen-bond donors (Lipinski definition) is 1. The molecule has 1 N–H and O–H groups in total. The molecule has 0 unspecified atom stereocenters. The Morgan fingerprint density at radius 3 is 2.25 bits per heavy atom. The van der Waals surface area contributed by atoms with Gasteiger partial charge < -0.3 is 10.2 Å². The van der Waals surface area contributed by atoms with Crippen LogP contribution in [-0.4, -0.2) is 54.8 Å². The monoisotopic (exact) mass is 351 g/mol. The molecule has 132 valence electrons. The Labute approximate surface area is 149 Å². The summed E-state index contributed by atoms with van der Waals surface area (Å²) in [6, 6.07) is 6.97. The third-order valence-electron chi connectivity index (χ3n) is 4.16. The number of amides is 2. The molecular formula is C18H26ClN3O2. The quantitative estimate of drug-likeness (QED) is 0.887. The van der Waals surface area contributed by atoms with Gasteiger partial charge in [0.2, 0.25) is 11.8 Å². The number of nitrogens with one attached hydrogen (secondary N) is 1. The number of nitrogens with zero attached hydrogens (tertiary/aromatic N) is 2. The number of anilines is 1. The van der Waals surface area contributed by atoms with Crippen LogP contribution in [-0.2, 0) is 9.59 Å². The van der Waals surface area contributed by atoms with Crippen LogP contribution in [0.4, 0.5) is 5.69 Å². The minimum Gasteiger partial charge on any atom is -0.342 e. The largest absolute Gasteiger partial charge is 0.342 e. The summed E-state index contributed by atoms with van der Waals surface area (Å²) in [6.07, 6.45) is 5.82. The molecule has 0 saturated carbocycles. The molecule has 2 rings (SSSR count). The zero-order chi connectivity index (χ0) is 17.4. The Morgan fingerprint density at radius 2 is 1.62 bits per heavy atom. The van der Waals surface area contributed by atoms with E-state index in [0.717, 1.165) is 25.9 Å². The Kier molecular flexibility index (Phi) is 7.53. The van der Waals surface area contributed by atoms with E-state index in [4.69, 9.17) is 11.6 Å². The summed E-state index contributed by atoms with van der Waals surface area (Å²) in [4.78, 5) is 28.1. The van der Waals surface area contributed by atoms with Gasteiger partial charge in [0.05, 0.1) is 13.1 Å². The van der Waals surface area contributed by atoms with Gasteiger partial charge in [0.1, 0.15) is 0 Å². The topological polar surface area (TPSA) is 52.7 Å². The van der Waals surface area contributed by atoms with Gasteiger partial charge in [0.15, 0.2) is 0 Å². The molecule has 0 aromatic heterocycles. The fraction of sp³-hybridized carbons (Fsp3) is 0.556. The number of hydrogen-bond acceptors (Lipinski definition) is 3. The second-order valence-electron chi connectivity index (χ2n) is 6.38. The molecule has 1 aliphatic rings. The first-order chi connectivity index (χ1) is 11.5. The third kappa shape index (κ3) is 6.49. The predicted octanol–water partition coefficient (Wildman–Crippen LogP) is 3.00. The van der Waals surface area contributed by atoms with Crippen molar-refractivity contribution in [2.45, 2.75) is 32.1 Å². The Hall–Kier alpha value is -1.59. The number of rotatable bonds is 5. The minimum absolute atomic E-state index is 0.110. The van der Waals surface area contributed by atoms with Crippen LogP contribution in [0.2, 0.25) is 5.02 Å². The predicted molar refractivity (Wildman–Crippen MR) is 97.2 cm³/mol. The van der Waals surface area contributed by atoms with Crippen molar-refractivity contribution in [1.82, 2.24) is 9.80 Å². The Balaban J connectivity index is 1.76. The highest BCUT2D eigenvalue weighted by Crippen LogP contribution is 2.13. The van der Waals surface area contributed by atoms with Crippen LogP contribution in [0.5, 0.6) is 0 Å². The molecule has 1 aliphatic heterocycles. The third-order valence-corrected chi connectivity index (χ3v) is 4.41. The highest BCUT2D eigenvalue weighted by molar-refractivity contribution is 6.30. The maximum atomic E-state index is 12.4. The van der Waals surface area contributed by atoms with Crippen LogP contribution in [0.3, 0.4) is 0 Å². The molecule has 0 aliphatic carbocycles. The molecule has 6 heteroatoms. The highest BCUT2D eigenvalue weighted by Gasteiger charge is 2.17. The Morgan fingerprint density at radius 1 is 1.04 bits per heavy atom. The van der Waals surface area contributed by atoms with Crippen molar-refractivity contribution in [2.75, 3.05) is 38.5 Å². The van der Waals surface area contributed by atoms with Crippen LogP contribution < -0.4 is 5.32 Å². The van der Waals surface area contributed by atoms with E-state index in [1.807, 2.05) is 4.90 Å². The molecule has 1 aromatic rings. The van der Waals surface area contributed by atoms with Crippen LogP contribution in [0, 0.1) is 0 Å². The molecule has 5 nitrogen and oxygen atoms in total. The van der Waals surface area contributed by atoms with E-state index in [2.05, 4.69) is 5.32 Å². The summed E-state index contributed by atoms with van der Waals surface area (Å²) in [5, 5.41) is 3.44. The molecule has 0 atom stereocenters. The number of likely N-dealkylation sites (tertiary alicyclic amines) is 1. The van der Waals surface area contributed by atoms with E-state index in [-0.39, 0.29) is 24.9 Å². The van der Waals surface area contributed by atoms with E-state index >= 15 is 0 Å². The lowest BCUT2D eigenvalue weighted by atomic mass is 10.1. The van der Waals surface area contributed by atoms with E-state index < -0.39 is 0 Å². The van der Waals surface area contributed by atoms with Crippen molar-refractivity contribution in [1.29, 1.82) is 0 Å². The van der Waals surface area contributed by atoms with Crippen molar-refractivity contribution in [3.63, 3.8) is 0 Å².